The molecule has 2 amide bonds. The van der Waals surface area contributed by atoms with E-state index in [-0.39, 0.29) is 17.9 Å². The maximum absolute atomic E-state index is 12.6. The van der Waals surface area contributed by atoms with Gasteiger partial charge in [-0.05, 0) is 56.1 Å². The zero-order valence-corrected chi connectivity index (χ0v) is 16.1. The van der Waals surface area contributed by atoms with Crippen LogP contribution in [0.5, 0.6) is 10.8 Å². The van der Waals surface area contributed by atoms with Crippen molar-refractivity contribution in [3.05, 3.63) is 41.3 Å². The van der Waals surface area contributed by atoms with Crippen molar-refractivity contribution in [3.63, 3.8) is 0 Å². The number of piperidine rings is 3. The van der Waals surface area contributed by atoms with Gasteiger partial charge < -0.3 is 20.3 Å². The summed E-state index contributed by atoms with van der Waals surface area (Å²) in [7, 11) is 0. The lowest BCUT2D eigenvalue weighted by atomic mass is 9.84. The van der Waals surface area contributed by atoms with Crippen LogP contribution in [0.15, 0.2) is 36.4 Å². The number of rotatable bonds is 5. The first kappa shape index (κ1) is 18.0. The summed E-state index contributed by atoms with van der Waals surface area (Å²) < 4.78 is 5.85. The molecule has 0 spiro atoms. The predicted molar refractivity (Wildman–Crippen MR) is 106 cm³/mol. The number of ether oxygens (including phenoxy) is 1. The number of hydrogen-bond donors (Lipinski definition) is 2. The maximum Gasteiger partial charge on any atom is 0.261 e. The van der Waals surface area contributed by atoms with E-state index in [0.29, 0.717) is 27.3 Å². The van der Waals surface area contributed by atoms with Crippen LogP contribution >= 0.6 is 11.3 Å². The summed E-state index contributed by atoms with van der Waals surface area (Å²) in [6, 6.07) is 11.0. The molecular formula is C20H23N3O3S. The van der Waals surface area contributed by atoms with Crippen LogP contribution in [-0.2, 0) is 4.79 Å². The molecule has 2 aromatic rings. The van der Waals surface area contributed by atoms with E-state index < -0.39 is 0 Å². The van der Waals surface area contributed by atoms with Crippen molar-refractivity contribution in [1.82, 2.24) is 10.2 Å². The monoisotopic (exact) mass is 385 g/mol. The molecule has 0 radical (unpaired) electrons. The first-order valence-electron chi connectivity index (χ1n) is 9.25. The van der Waals surface area contributed by atoms with Crippen molar-refractivity contribution in [2.45, 2.75) is 25.8 Å². The lowest BCUT2D eigenvalue weighted by Crippen LogP contribution is -2.57. The minimum Gasteiger partial charge on any atom is -0.447 e. The summed E-state index contributed by atoms with van der Waals surface area (Å²) in [4.78, 5) is 26.9. The molecule has 0 saturated carbocycles. The van der Waals surface area contributed by atoms with Gasteiger partial charge in [0.2, 0.25) is 5.91 Å². The second-order valence-electron chi connectivity index (χ2n) is 7.15. The van der Waals surface area contributed by atoms with Gasteiger partial charge in [0.15, 0.2) is 5.06 Å². The molecule has 0 aliphatic carbocycles. The Balaban J connectivity index is 1.38. The van der Waals surface area contributed by atoms with Gasteiger partial charge >= 0.3 is 0 Å². The fourth-order valence-corrected chi connectivity index (χ4v) is 4.60. The van der Waals surface area contributed by atoms with E-state index >= 15 is 0 Å². The molecule has 1 aromatic carbocycles. The predicted octanol–water partition coefficient (Wildman–Crippen LogP) is 3.32. The van der Waals surface area contributed by atoms with E-state index in [1.165, 1.54) is 31.1 Å². The Morgan fingerprint density at radius 1 is 1.19 bits per heavy atom. The number of fused-ring (bicyclic) bond motifs is 3. The highest BCUT2D eigenvalue weighted by molar-refractivity contribution is 7.15. The maximum atomic E-state index is 12.6. The van der Waals surface area contributed by atoms with E-state index in [1.807, 2.05) is 12.1 Å². The summed E-state index contributed by atoms with van der Waals surface area (Å²) in [6.07, 6.45) is 2.35. The molecule has 4 heterocycles. The van der Waals surface area contributed by atoms with Crippen LogP contribution in [0.1, 0.15) is 29.4 Å². The van der Waals surface area contributed by atoms with Gasteiger partial charge in [-0.1, -0.05) is 17.4 Å². The fraction of sp³-hybridized carbons (Fsp3) is 0.400. The van der Waals surface area contributed by atoms with Gasteiger partial charge in [-0.25, -0.2) is 0 Å². The molecule has 1 aromatic heterocycles. The van der Waals surface area contributed by atoms with E-state index in [2.05, 4.69) is 15.5 Å². The molecule has 27 heavy (non-hydrogen) atoms. The van der Waals surface area contributed by atoms with E-state index in [1.54, 1.807) is 24.3 Å². The molecule has 2 bridgehead atoms. The Kier molecular flexibility index (Phi) is 5.13. The number of hydrogen-bond acceptors (Lipinski definition) is 5. The van der Waals surface area contributed by atoms with Crippen LogP contribution in [0.2, 0.25) is 0 Å². The quantitative estimate of drug-likeness (QED) is 0.828. The van der Waals surface area contributed by atoms with Crippen LogP contribution in [0.4, 0.5) is 5.69 Å². The lowest BCUT2D eigenvalue weighted by Gasteiger charge is -2.44. The number of nitrogens with one attached hydrogen (secondary N) is 2. The number of thiophene rings is 1. The average Bonchev–Trinajstić information content (AvgIpc) is 3.11. The van der Waals surface area contributed by atoms with Crippen molar-refractivity contribution >= 4 is 28.8 Å². The third-order valence-corrected chi connectivity index (χ3v) is 6.11. The van der Waals surface area contributed by atoms with Crippen molar-refractivity contribution < 1.29 is 14.3 Å². The minimum absolute atomic E-state index is 0.0272. The van der Waals surface area contributed by atoms with E-state index in [4.69, 9.17) is 4.74 Å². The molecule has 3 aliphatic heterocycles. The van der Waals surface area contributed by atoms with Crippen molar-refractivity contribution in [1.29, 1.82) is 0 Å². The second kappa shape index (κ2) is 7.70. The van der Waals surface area contributed by atoms with E-state index in [0.717, 1.165) is 19.6 Å². The van der Waals surface area contributed by atoms with Crippen LogP contribution in [-0.4, -0.2) is 42.4 Å². The Morgan fingerprint density at radius 2 is 2.00 bits per heavy atom. The number of carbonyl (C=O) groups excluding carboxylic acids is 2. The molecule has 1 atom stereocenters. The highest BCUT2D eigenvalue weighted by atomic mass is 32.1. The zero-order valence-electron chi connectivity index (χ0n) is 15.2. The van der Waals surface area contributed by atoms with Crippen LogP contribution in [0.25, 0.3) is 0 Å². The van der Waals surface area contributed by atoms with Gasteiger partial charge in [-0.2, -0.15) is 0 Å². The highest BCUT2D eigenvalue weighted by Crippen LogP contribution is 2.32. The van der Waals surface area contributed by atoms with Gasteiger partial charge in [0, 0.05) is 31.3 Å². The standard InChI is InChI=1S/C20H23N3O3S/c1-13(24)21-15-3-2-4-16(11-15)26-19-6-5-18(27-19)20(25)22-17-12-23-9-7-14(17)8-10-23/h2-6,11,14,17H,7-10,12H2,1H3,(H,21,24)(H,22,25). The first-order chi connectivity index (χ1) is 13.1. The summed E-state index contributed by atoms with van der Waals surface area (Å²) in [5.41, 5.74) is 0.678. The summed E-state index contributed by atoms with van der Waals surface area (Å²) in [5, 5.41) is 6.58. The molecule has 3 saturated heterocycles. The molecular weight excluding hydrogens is 362 g/mol. The lowest BCUT2D eigenvalue weighted by molar-refractivity contribution is -0.114. The third kappa shape index (κ3) is 4.31. The van der Waals surface area contributed by atoms with Crippen molar-refractivity contribution in [2.24, 2.45) is 5.92 Å². The molecule has 6 nitrogen and oxygen atoms in total. The Morgan fingerprint density at radius 3 is 2.70 bits per heavy atom. The number of amides is 2. The number of benzene rings is 1. The van der Waals surface area contributed by atoms with E-state index in [9.17, 15) is 9.59 Å². The molecule has 3 aliphatic rings. The van der Waals surface area contributed by atoms with Crippen LogP contribution in [0.3, 0.4) is 0 Å². The molecule has 5 rings (SSSR count). The molecule has 3 fully saturated rings. The van der Waals surface area contributed by atoms with Crippen molar-refractivity contribution in [2.75, 3.05) is 25.0 Å². The smallest absolute Gasteiger partial charge is 0.261 e. The van der Waals surface area contributed by atoms with Gasteiger partial charge in [-0.3, -0.25) is 9.59 Å². The van der Waals surface area contributed by atoms with Gasteiger partial charge in [0.25, 0.3) is 5.91 Å². The minimum atomic E-state index is -0.130. The summed E-state index contributed by atoms with van der Waals surface area (Å²) in [6.45, 7) is 4.74. The number of carbonyl (C=O) groups is 2. The second-order valence-corrected chi connectivity index (χ2v) is 8.19. The first-order valence-corrected chi connectivity index (χ1v) is 10.1. The number of nitrogens with zero attached hydrogens (tertiary/aromatic N) is 1. The van der Waals surface area contributed by atoms with Crippen molar-refractivity contribution in [3.8, 4) is 10.8 Å². The average molecular weight is 385 g/mol. The Labute approximate surface area is 162 Å². The summed E-state index contributed by atoms with van der Waals surface area (Å²) in [5.74, 6) is 1.06. The molecule has 7 heteroatoms. The zero-order chi connectivity index (χ0) is 18.8. The summed E-state index contributed by atoms with van der Waals surface area (Å²) >= 11 is 1.33. The SMILES string of the molecule is CC(=O)Nc1cccc(Oc2ccc(C(=O)NC3CN4CCC3CC4)s2)c1. The van der Waals surface area contributed by atoms with Gasteiger partial charge in [0.1, 0.15) is 5.75 Å². The van der Waals surface area contributed by atoms with Gasteiger partial charge in [0.05, 0.1) is 4.88 Å². The van der Waals surface area contributed by atoms with Crippen LogP contribution in [0, 0.1) is 5.92 Å². The Hall–Kier alpha value is -2.38. The van der Waals surface area contributed by atoms with Crippen LogP contribution < -0.4 is 15.4 Å². The van der Waals surface area contributed by atoms with Gasteiger partial charge in [-0.15, -0.1) is 0 Å². The fourth-order valence-electron chi connectivity index (χ4n) is 3.82. The normalized spacial score (nSPS) is 23.7. The molecule has 1 unspecified atom stereocenters. The third-order valence-electron chi connectivity index (χ3n) is 5.15. The Bertz CT molecular complexity index is 843. The largest absolute Gasteiger partial charge is 0.447 e. The topological polar surface area (TPSA) is 70.7 Å². The molecule has 142 valence electrons. The molecule has 2 N–H and O–H groups in total. The number of anilines is 1. The highest BCUT2D eigenvalue weighted by Gasteiger charge is 2.35.